The van der Waals surface area contributed by atoms with Gasteiger partial charge in [0.2, 0.25) is 0 Å². The van der Waals surface area contributed by atoms with E-state index in [1.165, 1.54) is 18.2 Å². The Kier molecular flexibility index (Phi) is 4.65. The lowest BCUT2D eigenvalue weighted by molar-refractivity contribution is 0.574. The topological polar surface area (TPSA) is 46.9 Å². The van der Waals surface area contributed by atoms with Gasteiger partial charge in [0.1, 0.15) is 11.6 Å². The molecule has 0 spiro atoms. The summed E-state index contributed by atoms with van der Waals surface area (Å²) in [5, 5.41) is 2.97. The molecule has 0 aliphatic heterocycles. The highest BCUT2D eigenvalue weighted by atomic mass is 19.1. The van der Waals surface area contributed by atoms with Crippen LogP contribution in [0.25, 0.3) is 0 Å². The molecular weight excluding hydrogens is 312 g/mol. The molecule has 0 amide bonds. The molecule has 0 aliphatic rings. The summed E-state index contributed by atoms with van der Waals surface area (Å²) in [6.07, 6.45) is 5.02. The molecule has 122 valence electrons. The highest BCUT2D eigenvalue weighted by molar-refractivity contribution is 5.42. The number of rotatable bonds is 5. The first-order chi connectivity index (χ1) is 11.6. The maximum atomic E-state index is 13.6. The number of nitrogens with one attached hydrogen (secondary N) is 1. The molecule has 1 N–H and O–H groups in total. The summed E-state index contributed by atoms with van der Waals surface area (Å²) in [7, 11) is 0. The van der Waals surface area contributed by atoms with Gasteiger partial charge in [0, 0.05) is 48.5 Å². The van der Waals surface area contributed by atoms with E-state index in [-0.39, 0.29) is 12.1 Å². The minimum absolute atomic E-state index is 0.167. The molecular formula is C18H15F2N3O. The molecule has 0 saturated carbocycles. The largest absolute Gasteiger partial charge is 0.381 e. The summed E-state index contributed by atoms with van der Waals surface area (Å²) in [6, 6.07) is 10.3. The zero-order valence-corrected chi connectivity index (χ0v) is 12.7. The molecule has 0 atom stereocenters. The van der Waals surface area contributed by atoms with E-state index in [1.54, 1.807) is 29.2 Å². The summed E-state index contributed by atoms with van der Waals surface area (Å²) >= 11 is 0. The van der Waals surface area contributed by atoms with E-state index in [1.807, 2.05) is 12.1 Å². The molecule has 0 saturated heterocycles. The molecule has 0 bridgehead atoms. The first kappa shape index (κ1) is 15.9. The maximum Gasteiger partial charge on any atom is 0.252 e. The van der Waals surface area contributed by atoms with Gasteiger partial charge in [-0.1, -0.05) is 6.07 Å². The fraction of sp³-hybridized carbons (Fsp3) is 0.111. The molecule has 2 aromatic heterocycles. The lowest BCUT2D eigenvalue weighted by Crippen LogP contribution is -2.19. The summed E-state index contributed by atoms with van der Waals surface area (Å²) in [5.41, 5.74) is 1.71. The van der Waals surface area contributed by atoms with Crippen LogP contribution in [0, 0.1) is 11.6 Å². The van der Waals surface area contributed by atoms with E-state index < -0.39 is 11.6 Å². The standard InChI is InChI=1S/C18H15F2N3O/c19-15-2-1-14(17(20)9-15)11-22-16-5-8-23(18(24)10-16)12-13-3-6-21-7-4-13/h1-10,22H,11-12H2. The van der Waals surface area contributed by atoms with Gasteiger partial charge in [-0.25, -0.2) is 8.78 Å². The van der Waals surface area contributed by atoms with E-state index in [9.17, 15) is 13.6 Å². The number of hydrogen-bond donors (Lipinski definition) is 1. The first-order valence-corrected chi connectivity index (χ1v) is 7.39. The van der Waals surface area contributed by atoms with Crippen LogP contribution in [-0.4, -0.2) is 9.55 Å². The van der Waals surface area contributed by atoms with Crippen LogP contribution in [0.3, 0.4) is 0 Å². The monoisotopic (exact) mass is 327 g/mol. The number of benzene rings is 1. The quantitative estimate of drug-likeness (QED) is 0.783. The van der Waals surface area contributed by atoms with Gasteiger partial charge in [-0.2, -0.15) is 0 Å². The van der Waals surface area contributed by atoms with Crippen LogP contribution in [-0.2, 0) is 13.1 Å². The van der Waals surface area contributed by atoms with Gasteiger partial charge in [0.05, 0.1) is 6.54 Å². The van der Waals surface area contributed by atoms with Gasteiger partial charge < -0.3 is 9.88 Å². The zero-order valence-electron chi connectivity index (χ0n) is 12.7. The van der Waals surface area contributed by atoms with Crippen LogP contribution in [0.15, 0.2) is 65.8 Å². The van der Waals surface area contributed by atoms with Crippen molar-refractivity contribution in [1.29, 1.82) is 0 Å². The molecule has 0 unspecified atom stereocenters. The van der Waals surface area contributed by atoms with Crippen molar-refractivity contribution in [1.82, 2.24) is 9.55 Å². The van der Waals surface area contributed by atoms with Crippen molar-refractivity contribution in [2.75, 3.05) is 5.32 Å². The van der Waals surface area contributed by atoms with Gasteiger partial charge >= 0.3 is 0 Å². The lowest BCUT2D eigenvalue weighted by Gasteiger charge is -2.10. The molecule has 3 aromatic rings. The van der Waals surface area contributed by atoms with Crippen LogP contribution < -0.4 is 10.9 Å². The molecule has 0 radical (unpaired) electrons. The van der Waals surface area contributed by atoms with Crippen LogP contribution in [0.4, 0.5) is 14.5 Å². The Bertz CT molecular complexity index is 894. The van der Waals surface area contributed by atoms with E-state index in [0.29, 0.717) is 17.8 Å². The van der Waals surface area contributed by atoms with Crippen molar-refractivity contribution in [2.24, 2.45) is 0 Å². The zero-order chi connectivity index (χ0) is 16.9. The number of aromatic nitrogens is 2. The Morgan fingerprint density at radius 2 is 1.83 bits per heavy atom. The third kappa shape index (κ3) is 3.84. The van der Waals surface area contributed by atoms with E-state index in [4.69, 9.17) is 0 Å². The highest BCUT2D eigenvalue weighted by Gasteiger charge is 2.05. The maximum absolute atomic E-state index is 13.6. The molecule has 1 aromatic carbocycles. The van der Waals surface area contributed by atoms with Crippen LogP contribution in [0.1, 0.15) is 11.1 Å². The Hall–Kier alpha value is -3.02. The van der Waals surface area contributed by atoms with E-state index in [2.05, 4.69) is 10.3 Å². The van der Waals surface area contributed by atoms with Crippen molar-refractivity contribution in [3.63, 3.8) is 0 Å². The summed E-state index contributed by atoms with van der Waals surface area (Å²) in [6.45, 7) is 0.619. The molecule has 2 heterocycles. The summed E-state index contributed by atoms with van der Waals surface area (Å²) in [4.78, 5) is 16.1. The molecule has 24 heavy (non-hydrogen) atoms. The second kappa shape index (κ2) is 7.04. The second-order valence-corrected chi connectivity index (χ2v) is 5.33. The number of hydrogen-bond acceptors (Lipinski definition) is 3. The third-order valence-electron chi connectivity index (χ3n) is 3.60. The average Bonchev–Trinajstić information content (AvgIpc) is 2.57. The number of anilines is 1. The van der Waals surface area contributed by atoms with Crippen molar-refractivity contribution in [3.05, 3.63) is 94.2 Å². The normalized spacial score (nSPS) is 10.6. The summed E-state index contributed by atoms with van der Waals surface area (Å²) < 4.78 is 28.0. The van der Waals surface area contributed by atoms with Crippen LogP contribution >= 0.6 is 0 Å². The molecule has 4 nitrogen and oxygen atoms in total. The minimum atomic E-state index is -0.617. The van der Waals surface area contributed by atoms with Gasteiger partial charge in [-0.15, -0.1) is 0 Å². The smallest absolute Gasteiger partial charge is 0.252 e. The lowest BCUT2D eigenvalue weighted by atomic mass is 10.2. The predicted octanol–water partition coefficient (Wildman–Crippen LogP) is 3.18. The Morgan fingerprint density at radius 1 is 1.04 bits per heavy atom. The van der Waals surface area contributed by atoms with E-state index >= 15 is 0 Å². The van der Waals surface area contributed by atoms with E-state index in [0.717, 1.165) is 11.6 Å². The van der Waals surface area contributed by atoms with Gasteiger partial charge in [0.15, 0.2) is 0 Å². The third-order valence-corrected chi connectivity index (χ3v) is 3.60. The molecule has 0 aliphatic carbocycles. The van der Waals surface area contributed by atoms with Crippen LogP contribution in [0.5, 0.6) is 0 Å². The molecule has 3 rings (SSSR count). The highest BCUT2D eigenvalue weighted by Crippen LogP contribution is 2.12. The predicted molar refractivity (Wildman–Crippen MR) is 87.7 cm³/mol. The Labute approximate surface area is 137 Å². The molecule has 6 heteroatoms. The fourth-order valence-corrected chi connectivity index (χ4v) is 2.30. The van der Waals surface area contributed by atoms with Crippen molar-refractivity contribution in [2.45, 2.75) is 13.1 Å². The number of pyridine rings is 2. The van der Waals surface area contributed by atoms with Gasteiger partial charge in [0.25, 0.3) is 5.56 Å². The van der Waals surface area contributed by atoms with Crippen molar-refractivity contribution < 1.29 is 8.78 Å². The van der Waals surface area contributed by atoms with Gasteiger partial charge in [-0.05, 0) is 29.8 Å². The Morgan fingerprint density at radius 3 is 2.54 bits per heavy atom. The first-order valence-electron chi connectivity index (χ1n) is 7.39. The SMILES string of the molecule is O=c1cc(NCc2ccc(F)cc2F)ccn1Cc1ccncc1. The van der Waals surface area contributed by atoms with Gasteiger partial charge in [-0.3, -0.25) is 9.78 Å². The second-order valence-electron chi connectivity index (χ2n) is 5.33. The van der Waals surface area contributed by atoms with Crippen molar-refractivity contribution in [3.8, 4) is 0 Å². The number of nitrogens with zero attached hydrogens (tertiary/aromatic N) is 2. The minimum Gasteiger partial charge on any atom is -0.381 e. The Balaban J connectivity index is 1.69. The van der Waals surface area contributed by atoms with Crippen molar-refractivity contribution >= 4 is 5.69 Å². The molecule has 0 fully saturated rings. The fourth-order valence-electron chi connectivity index (χ4n) is 2.30. The number of halogens is 2. The average molecular weight is 327 g/mol. The van der Waals surface area contributed by atoms with Crippen LogP contribution in [0.2, 0.25) is 0 Å². The summed E-state index contributed by atoms with van der Waals surface area (Å²) in [5.74, 6) is -1.23.